The fraction of sp³-hybridized carbons (Fsp3) is 0.600. The van der Waals surface area contributed by atoms with Crippen LogP contribution in [-0.2, 0) is 0 Å². The molecule has 1 heterocycles. The molecule has 1 rings (SSSR count). The van der Waals surface area contributed by atoms with E-state index in [1.165, 1.54) is 0 Å². The number of azo groups is 1. The van der Waals surface area contributed by atoms with Crippen molar-refractivity contribution in [3.63, 3.8) is 0 Å². The normalized spacial score (nSPS) is 23.6. The summed E-state index contributed by atoms with van der Waals surface area (Å²) >= 11 is 0. The molecule has 0 aromatic heterocycles. The van der Waals surface area contributed by atoms with E-state index in [1.807, 2.05) is 0 Å². The summed E-state index contributed by atoms with van der Waals surface area (Å²) in [6.45, 7) is 0. The molecule has 0 saturated heterocycles. The number of alkyl halides is 5. The van der Waals surface area contributed by atoms with Gasteiger partial charge in [-0.3, -0.25) is 0 Å². The molecule has 0 amide bonds. The highest BCUT2D eigenvalue weighted by Gasteiger charge is 2.62. The van der Waals surface area contributed by atoms with E-state index in [4.69, 9.17) is 0 Å². The first-order valence-corrected chi connectivity index (χ1v) is 2.87. The maximum Gasteiger partial charge on any atom is 0.456 e. The van der Waals surface area contributed by atoms with E-state index >= 15 is 0 Å². The van der Waals surface area contributed by atoms with Crippen LogP contribution >= 0.6 is 0 Å². The molecule has 0 fully saturated rings. The van der Waals surface area contributed by atoms with Crippen molar-refractivity contribution in [2.75, 3.05) is 0 Å². The number of rotatable bonds is 1. The molecule has 0 radical (unpaired) electrons. The van der Waals surface area contributed by atoms with E-state index in [2.05, 4.69) is 10.2 Å². The van der Waals surface area contributed by atoms with Crippen molar-refractivity contribution < 1.29 is 22.0 Å². The molecule has 68 valence electrons. The molecule has 0 spiro atoms. The first-order chi connectivity index (χ1) is 5.36. The lowest BCUT2D eigenvalue weighted by Crippen LogP contribution is -2.44. The molecule has 1 unspecified atom stereocenters. The zero-order valence-corrected chi connectivity index (χ0v) is 5.52. The zero-order valence-electron chi connectivity index (χ0n) is 5.52. The molecule has 0 aliphatic carbocycles. The van der Waals surface area contributed by atoms with Gasteiger partial charge in [-0.1, -0.05) is 0 Å². The lowest BCUT2D eigenvalue weighted by Gasteiger charge is -2.21. The van der Waals surface area contributed by atoms with Gasteiger partial charge in [0, 0.05) is 6.20 Å². The number of hydrogen-bond acceptors (Lipinski definition) is 2. The Morgan fingerprint density at radius 2 is 1.67 bits per heavy atom. The van der Waals surface area contributed by atoms with Gasteiger partial charge in [0.05, 0.1) is 0 Å². The summed E-state index contributed by atoms with van der Waals surface area (Å²) in [6, 6.07) is -2.21. The van der Waals surface area contributed by atoms with Crippen molar-refractivity contribution in [3.05, 3.63) is 12.3 Å². The third-order valence-corrected chi connectivity index (χ3v) is 1.28. The second-order valence-corrected chi connectivity index (χ2v) is 2.14. The minimum Gasteiger partial charge on any atom is -0.193 e. The first-order valence-electron chi connectivity index (χ1n) is 2.87. The second-order valence-electron chi connectivity index (χ2n) is 2.14. The quantitative estimate of drug-likeness (QED) is 0.562. The standard InChI is InChI=1S/C5H3F5N2/c6-4(7,5(8,9)10)3-1-2-11-12-3/h1-3H. The summed E-state index contributed by atoms with van der Waals surface area (Å²) in [5.41, 5.74) is 0. The fourth-order valence-electron chi connectivity index (χ4n) is 0.630. The first kappa shape index (κ1) is 9.08. The van der Waals surface area contributed by atoms with Gasteiger partial charge in [0.25, 0.3) is 0 Å². The highest BCUT2D eigenvalue weighted by atomic mass is 19.4. The highest BCUT2D eigenvalue weighted by Crippen LogP contribution is 2.40. The monoisotopic (exact) mass is 186 g/mol. The number of nitrogens with zero attached hydrogens (tertiary/aromatic N) is 2. The predicted molar refractivity (Wildman–Crippen MR) is 28.8 cm³/mol. The predicted octanol–water partition coefficient (Wildman–Crippen LogP) is 2.53. The Balaban J connectivity index is 2.85. The molecule has 7 heteroatoms. The Bertz CT molecular complexity index is 216. The van der Waals surface area contributed by atoms with Gasteiger partial charge in [0.15, 0.2) is 6.04 Å². The summed E-state index contributed by atoms with van der Waals surface area (Å²) in [6.07, 6.45) is -4.16. The van der Waals surface area contributed by atoms with Gasteiger partial charge in [-0.2, -0.15) is 32.2 Å². The Labute approximate surface area is 63.8 Å². The van der Waals surface area contributed by atoms with Crippen LogP contribution < -0.4 is 0 Å². The van der Waals surface area contributed by atoms with Crippen molar-refractivity contribution in [1.29, 1.82) is 0 Å². The SMILES string of the molecule is FC(F)(F)C(F)(F)C1C=CN=N1. The summed E-state index contributed by atoms with van der Waals surface area (Å²) in [5.74, 6) is -4.83. The van der Waals surface area contributed by atoms with Gasteiger partial charge >= 0.3 is 12.1 Å². The van der Waals surface area contributed by atoms with E-state index < -0.39 is 18.1 Å². The minimum atomic E-state index is -5.58. The van der Waals surface area contributed by atoms with Crippen LogP contribution in [0.1, 0.15) is 0 Å². The topological polar surface area (TPSA) is 24.7 Å². The molecular formula is C5H3F5N2. The van der Waals surface area contributed by atoms with Gasteiger partial charge in [0.1, 0.15) is 0 Å². The molecular weight excluding hydrogens is 183 g/mol. The maximum atomic E-state index is 12.3. The Morgan fingerprint density at radius 3 is 2.00 bits per heavy atom. The summed E-state index contributed by atoms with van der Waals surface area (Å²) in [7, 11) is 0. The van der Waals surface area contributed by atoms with Gasteiger partial charge in [-0.15, -0.1) is 0 Å². The number of hydrogen-bond donors (Lipinski definition) is 0. The van der Waals surface area contributed by atoms with Gasteiger partial charge in [-0.05, 0) is 6.08 Å². The van der Waals surface area contributed by atoms with Crippen LogP contribution in [0.25, 0.3) is 0 Å². The van der Waals surface area contributed by atoms with E-state index in [1.54, 1.807) is 0 Å². The van der Waals surface area contributed by atoms with Crippen LogP contribution in [0.3, 0.4) is 0 Å². The van der Waals surface area contributed by atoms with Crippen LogP contribution in [0.4, 0.5) is 22.0 Å². The third-order valence-electron chi connectivity index (χ3n) is 1.28. The minimum absolute atomic E-state index is 0.605. The highest BCUT2D eigenvalue weighted by molar-refractivity contribution is 5.06. The van der Waals surface area contributed by atoms with Crippen LogP contribution in [0.15, 0.2) is 22.5 Å². The van der Waals surface area contributed by atoms with Crippen molar-refractivity contribution in [2.24, 2.45) is 10.2 Å². The molecule has 0 saturated carbocycles. The van der Waals surface area contributed by atoms with Crippen molar-refractivity contribution >= 4 is 0 Å². The maximum absolute atomic E-state index is 12.3. The summed E-state index contributed by atoms with van der Waals surface area (Å²) < 4.78 is 59.4. The molecule has 0 N–H and O–H groups in total. The van der Waals surface area contributed by atoms with Gasteiger partial charge in [0.2, 0.25) is 0 Å². The molecule has 0 aromatic rings. The molecule has 1 atom stereocenters. The average molecular weight is 186 g/mol. The fourth-order valence-corrected chi connectivity index (χ4v) is 0.630. The van der Waals surface area contributed by atoms with Crippen LogP contribution in [0.2, 0.25) is 0 Å². The largest absolute Gasteiger partial charge is 0.456 e. The van der Waals surface area contributed by atoms with E-state index in [0.717, 1.165) is 6.20 Å². The van der Waals surface area contributed by atoms with Crippen molar-refractivity contribution in [1.82, 2.24) is 0 Å². The molecule has 1 aliphatic rings. The smallest absolute Gasteiger partial charge is 0.193 e. The average Bonchev–Trinajstić information content (AvgIpc) is 2.34. The van der Waals surface area contributed by atoms with E-state index in [0.29, 0.717) is 6.08 Å². The van der Waals surface area contributed by atoms with Gasteiger partial charge in [-0.25, -0.2) is 0 Å². The van der Waals surface area contributed by atoms with Crippen molar-refractivity contribution in [2.45, 2.75) is 18.1 Å². The van der Waals surface area contributed by atoms with Crippen LogP contribution in [0, 0.1) is 0 Å². The molecule has 2 nitrogen and oxygen atoms in total. The van der Waals surface area contributed by atoms with Crippen molar-refractivity contribution in [3.8, 4) is 0 Å². The summed E-state index contributed by atoms with van der Waals surface area (Å²) in [4.78, 5) is 0. The van der Waals surface area contributed by atoms with Gasteiger partial charge < -0.3 is 0 Å². The Hall–Kier alpha value is -1.01. The second kappa shape index (κ2) is 2.49. The molecule has 1 aliphatic heterocycles. The van der Waals surface area contributed by atoms with Crippen LogP contribution in [-0.4, -0.2) is 18.1 Å². The zero-order chi connectivity index (χ0) is 9.41. The van der Waals surface area contributed by atoms with E-state index in [9.17, 15) is 22.0 Å². The summed E-state index contributed by atoms with van der Waals surface area (Å²) in [5, 5.41) is 5.63. The Morgan fingerprint density at radius 1 is 1.08 bits per heavy atom. The number of halogens is 5. The lowest BCUT2D eigenvalue weighted by molar-refractivity contribution is -0.284. The lowest BCUT2D eigenvalue weighted by atomic mass is 10.1. The van der Waals surface area contributed by atoms with E-state index in [-0.39, 0.29) is 0 Å². The molecule has 0 aromatic carbocycles. The Kier molecular flexibility index (Phi) is 1.89. The molecule has 12 heavy (non-hydrogen) atoms. The molecule has 0 bridgehead atoms. The van der Waals surface area contributed by atoms with Crippen LogP contribution in [0.5, 0.6) is 0 Å². The third kappa shape index (κ3) is 1.30.